The molecule has 0 radical (unpaired) electrons. The van der Waals surface area contributed by atoms with Gasteiger partial charge in [-0.15, -0.1) is 0 Å². The first-order valence-corrected chi connectivity index (χ1v) is 1.56. The topological polar surface area (TPSA) is 69.7 Å². The van der Waals surface area contributed by atoms with E-state index in [-0.39, 0.29) is 164 Å². The van der Waals surface area contributed by atoms with Crippen molar-refractivity contribution in [2.75, 3.05) is 0 Å². The van der Waals surface area contributed by atoms with Crippen LogP contribution in [0.2, 0.25) is 0 Å². The third kappa shape index (κ3) is 23.5. The number of hydrogen-bond acceptors (Lipinski definition) is 5. The van der Waals surface area contributed by atoms with Crippen LogP contribution in [0.25, 0.3) is 0 Å². The van der Waals surface area contributed by atoms with Crippen molar-refractivity contribution >= 4 is 170 Å². The zero-order valence-corrected chi connectivity index (χ0v) is 3.70. The summed E-state index contributed by atoms with van der Waals surface area (Å²) in [4.78, 5) is 28.2. The molecule has 0 aliphatic carbocycles. The standard InChI is InChI=1S/C3H2O5.4Ca.8H/c4-1-7-3(6)8-2-5;;;;;;;;;;;;/h1-2H;;;;;;;;;;;;. The molecule has 0 saturated carbocycles. The molecule has 0 aromatic heterocycles. The van der Waals surface area contributed by atoms with Crippen molar-refractivity contribution in [3.05, 3.63) is 0 Å². The molecule has 0 amide bonds. The Labute approximate surface area is 189 Å². The van der Waals surface area contributed by atoms with Gasteiger partial charge in [-0.1, -0.05) is 0 Å². The van der Waals surface area contributed by atoms with E-state index in [2.05, 4.69) is 9.47 Å². The van der Waals surface area contributed by atoms with E-state index in [1.165, 1.54) is 0 Å². The average molecular weight is 286 g/mol. The molecule has 0 N–H and O–H groups in total. The Morgan fingerprint density at radius 2 is 1.08 bits per heavy atom. The Morgan fingerprint density at radius 1 is 0.833 bits per heavy atom. The van der Waals surface area contributed by atoms with E-state index in [1.54, 1.807) is 0 Å². The van der Waals surface area contributed by atoms with Crippen molar-refractivity contribution in [3.8, 4) is 0 Å². The molecule has 0 heterocycles. The number of ether oxygens (including phenoxy) is 2. The summed E-state index contributed by atoms with van der Waals surface area (Å²) in [6, 6.07) is 0. The summed E-state index contributed by atoms with van der Waals surface area (Å²) in [5.74, 6) is 0. The average Bonchev–Trinajstić information content (AvgIpc) is 1.68. The van der Waals surface area contributed by atoms with Crippen LogP contribution >= 0.6 is 0 Å². The maximum absolute atomic E-state index is 9.74. The Bertz CT molecular complexity index is 105. The Morgan fingerprint density at radius 3 is 1.25 bits per heavy atom. The first-order chi connectivity index (χ1) is 3.81. The van der Waals surface area contributed by atoms with E-state index >= 15 is 0 Å². The molecule has 9 heteroatoms. The van der Waals surface area contributed by atoms with Gasteiger partial charge < -0.3 is 9.47 Å². The maximum atomic E-state index is 9.74. The van der Waals surface area contributed by atoms with Crippen LogP contribution in [0.4, 0.5) is 4.79 Å². The fourth-order valence-corrected chi connectivity index (χ4v) is 0.106. The van der Waals surface area contributed by atoms with Gasteiger partial charge in [-0.05, 0) is 0 Å². The normalized spacial score (nSPS) is 4.67. The molecule has 0 spiro atoms. The molecule has 0 bridgehead atoms. The summed E-state index contributed by atoms with van der Waals surface area (Å²) in [6.07, 6.45) is -1.32. The molecule has 0 aromatic carbocycles. The van der Waals surface area contributed by atoms with Gasteiger partial charge in [-0.3, -0.25) is 9.59 Å². The molecule has 0 fully saturated rings. The van der Waals surface area contributed by atoms with Gasteiger partial charge in [-0.2, -0.15) is 0 Å². The minimum absolute atomic E-state index is 0. The zero-order valence-electron chi connectivity index (χ0n) is 3.70. The van der Waals surface area contributed by atoms with Crippen LogP contribution in [0, 0.1) is 0 Å². The first-order valence-electron chi connectivity index (χ1n) is 1.56. The summed E-state index contributed by atoms with van der Waals surface area (Å²) < 4.78 is 7.02. The fraction of sp³-hybridized carbons (Fsp3) is 0. The molecule has 0 rings (SSSR count). The van der Waals surface area contributed by atoms with Gasteiger partial charge in [0.05, 0.1) is 0 Å². The second kappa shape index (κ2) is 24.1. The minimum atomic E-state index is -1.32. The fourth-order valence-electron chi connectivity index (χ4n) is 0.106. The quantitative estimate of drug-likeness (QED) is 0.223. The van der Waals surface area contributed by atoms with E-state index in [0.29, 0.717) is 0 Å². The van der Waals surface area contributed by atoms with Crippen LogP contribution in [0.3, 0.4) is 0 Å². The third-order valence-corrected chi connectivity index (χ3v) is 0.289. The van der Waals surface area contributed by atoms with Crippen molar-refractivity contribution in [1.29, 1.82) is 0 Å². The number of rotatable bonds is 2. The van der Waals surface area contributed by atoms with Gasteiger partial charge in [0.1, 0.15) is 0 Å². The van der Waals surface area contributed by atoms with Gasteiger partial charge in [0, 0.05) is 0 Å². The molecule has 12 heavy (non-hydrogen) atoms. The Hall–Kier alpha value is 3.65. The summed E-state index contributed by atoms with van der Waals surface area (Å²) in [6.45, 7) is -0.266. The van der Waals surface area contributed by atoms with Crippen molar-refractivity contribution in [2.24, 2.45) is 0 Å². The van der Waals surface area contributed by atoms with Crippen LogP contribution in [-0.2, 0) is 19.1 Å². The Balaban J connectivity index is -0.0000000408. The molecule has 0 saturated heterocycles. The molecule has 0 aliphatic rings. The van der Waals surface area contributed by atoms with E-state index in [4.69, 9.17) is 0 Å². The van der Waals surface area contributed by atoms with Crippen LogP contribution in [0.15, 0.2) is 0 Å². The summed E-state index contributed by atoms with van der Waals surface area (Å²) >= 11 is 0. The summed E-state index contributed by atoms with van der Waals surface area (Å²) in [5.41, 5.74) is 0. The van der Waals surface area contributed by atoms with Gasteiger partial charge in [0.2, 0.25) is 0 Å². The zero-order chi connectivity index (χ0) is 6.41. The van der Waals surface area contributed by atoms with E-state index in [0.717, 1.165) is 0 Å². The van der Waals surface area contributed by atoms with Gasteiger partial charge in [0.25, 0.3) is 0 Å². The van der Waals surface area contributed by atoms with Crippen molar-refractivity contribution in [1.82, 2.24) is 0 Å². The number of hydrogen-bond donors (Lipinski definition) is 0. The number of carbonyl (C=O) groups is 3. The molecule has 0 unspecified atom stereocenters. The molecule has 0 atom stereocenters. The molecule has 0 aromatic rings. The first kappa shape index (κ1) is 29.6. The van der Waals surface area contributed by atoms with Crippen LogP contribution in [0.5, 0.6) is 0 Å². The van der Waals surface area contributed by atoms with Crippen LogP contribution in [0.1, 0.15) is 0 Å². The second-order valence-corrected chi connectivity index (χ2v) is 0.678. The predicted octanol–water partition coefficient (Wildman–Crippen LogP) is -4.21. The Kier molecular flexibility index (Phi) is 59.4. The SMILES string of the molecule is O=COC(=O)OC=O.[CaH2].[CaH2].[CaH2].[CaH2]. The van der Waals surface area contributed by atoms with Gasteiger partial charge in [-0.25, -0.2) is 4.79 Å². The monoisotopic (exact) mass is 286 g/mol. The van der Waals surface area contributed by atoms with Crippen molar-refractivity contribution < 1.29 is 23.9 Å². The van der Waals surface area contributed by atoms with Crippen molar-refractivity contribution in [2.45, 2.75) is 0 Å². The molecule has 60 valence electrons. The molecule has 0 aliphatic heterocycles. The van der Waals surface area contributed by atoms with E-state index in [1.807, 2.05) is 0 Å². The van der Waals surface area contributed by atoms with Crippen LogP contribution in [-0.4, -0.2) is 170 Å². The number of carbonyl (C=O) groups excluding carboxylic acids is 3. The summed E-state index contributed by atoms with van der Waals surface area (Å²) in [7, 11) is 0. The van der Waals surface area contributed by atoms with E-state index in [9.17, 15) is 14.4 Å². The molecular weight excluding hydrogens is 276 g/mol. The van der Waals surface area contributed by atoms with Crippen molar-refractivity contribution in [3.63, 3.8) is 0 Å². The molecule has 5 nitrogen and oxygen atoms in total. The predicted molar refractivity (Wildman–Crippen MR) is 53.9 cm³/mol. The summed E-state index contributed by atoms with van der Waals surface area (Å²) in [5, 5.41) is 0. The van der Waals surface area contributed by atoms with Crippen LogP contribution < -0.4 is 0 Å². The van der Waals surface area contributed by atoms with Gasteiger partial charge in [0.15, 0.2) is 0 Å². The van der Waals surface area contributed by atoms with Gasteiger partial charge >= 0.3 is 170 Å². The molecular formula is C3H10Ca4O5. The second-order valence-electron chi connectivity index (χ2n) is 0.678. The third-order valence-electron chi connectivity index (χ3n) is 0.289. The van der Waals surface area contributed by atoms with E-state index < -0.39 is 6.16 Å².